The van der Waals surface area contributed by atoms with Crippen LogP contribution in [0.15, 0.2) is 168 Å². The molecule has 1 heterocycles. The van der Waals surface area contributed by atoms with Crippen LogP contribution in [0.5, 0.6) is 0 Å². The van der Waals surface area contributed by atoms with Crippen LogP contribution in [0.3, 0.4) is 0 Å². The molecule has 1 aliphatic carbocycles. The summed E-state index contributed by atoms with van der Waals surface area (Å²) in [5.41, 5.74) is 14.9. The Morgan fingerprint density at radius 2 is 1.11 bits per heavy atom. The minimum absolute atomic E-state index is 0.112. The van der Waals surface area contributed by atoms with Crippen LogP contribution in [-0.4, -0.2) is 0 Å². The van der Waals surface area contributed by atoms with Gasteiger partial charge in [0, 0.05) is 38.7 Å². The highest BCUT2D eigenvalue weighted by atomic mass is 16.3. The average molecular weight is 604 g/mol. The van der Waals surface area contributed by atoms with E-state index in [4.69, 9.17) is 4.42 Å². The van der Waals surface area contributed by atoms with Gasteiger partial charge in [0.2, 0.25) is 0 Å². The van der Waals surface area contributed by atoms with E-state index in [1.807, 2.05) is 6.07 Å². The topological polar surface area (TPSA) is 16.4 Å². The Morgan fingerprint density at radius 1 is 0.468 bits per heavy atom. The molecule has 0 bridgehead atoms. The Bertz CT molecular complexity index is 2440. The second-order valence-corrected chi connectivity index (χ2v) is 12.9. The minimum Gasteiger partial charge on any atom is -0.455 e. The van der Waals surface area contributed by atoms with Gasteiger partial charge in [0.15, 0.2) is 0 Å². The largest absolute Gasteiger partial charge is 0.455 e. The van der Waals surface area contributed by atoms with E-state index < -0.39 is 0 Å². The lowest BCUT2D eigenvalue weighted by Gasteiger charge is -2.30. The molecular weight excluding hydrogens is 571 g/mol. The van der Waals surface area contributed by atoms with E-state index in [-0.39, 0.29) is 5.41 Å². The number of rotatable bonds is 5. The third kappa shape index (κ3) is 4.26. The van der Waals surface area contributed by atoms with Gasteiger partial charge in [0.05, 0.1) is 5.69 Å². The van der Waals surface area contributed by atoms with Crippen LogP contribution in [0, 0.1) is 0 Å². The van der Waals surface area contributed by atoms with Crippen molar-refractivity contribution in [2.24, 2.45) is 0 Å². The molecule has 0 fully saturated rings. The van der Waals surface area contributed by atoms with Crippen LogP contribution in [0.1, 0.15) is 25.0 Å². The third-order valence-electron chi connectivity index (χ3n) is 9.88. The first-order chi connectivity index (χ1) is 23.1. The number of nitrogens with zero attached hydrogens (tertiary/aromatic N) is 1. The molecule has 0 radical (unpaired) electrons. The van der Waals surface area contributed by atoms with Crippen LogP contribution in [0.4, 0.5) is 17.1 Å². The molecule has 1 aromatic heterocycles. The lowest BCUT2D eigenvalue weighted by molar-refractivity contribution is 0.660. The van der Waals surface area contributed by atoms with E-state index in [2.05, 4.69) is 176 Å². The molecule has 1 aliphatic rings. The molecule has 9 rings (SSSR count). The zero-order chi connectivity index (χ0) is 31.5. The molecule has 2 nitrogen and oxygen atoms in total. The van der Waals surface area contributed by atoms with Crippen molar-refractivity contribution in [1.82, 2.24) is 0 Å². The van der Waals surface area contributed by atoms with Crippen molar-refractivity contribution < 1.29 is 4.42 Å². The Labute approximate surface area is 275 Å². The maximum Gasteiger partial charge on any atom is 0.143 e. The van der Waals surface area contributed by atoms with E-state index in [0.717, 1.165) is 61.3 Å². The first kappa shape index (κ1) is 27.5. The summed E-state index contributed by atoms with van der Waals surface area (Å²) < 4.78 is 6.68. The SMILES string of the molecule is CC1(C)c2ccccc2-c2ccc(N(c3ccccc3)c3cccc(-c4ccccc4)c3-c3cccc4c3oc3ccccc34)cc21. The van der Waals surface area contributed by atoms with Gasteiger partial charge < -0.3 is 9.32 Å². The Kier molecular flexibility index (Phi) is 6.20. The van der Waals surface area contributed by atoms with Crippen molar-refractivity contribution in [3.63, 3.8) is 0 Å². The number of fused-ring (bicyclic) bond motifs is 6. The van der Waals surface area contributed by atoms with Crippen LogP contribution in [0.2, 0.25) is 0 Å². The second kappa shape index (κ2) is 10.6. The molecule has 0 amide bonds. The molecule has 0 atom stereocenters. The predicted octanol–water partition coefficient (Wildman–Crippen LogP) is 12.7. The van der Waals surface area contributed by atoms with Crippen molar-refractivity contribution in [2.45, 2.75) is 19.3 Å². The average Bonchev–Trinajstić information content (AvgIpc) is 3.62. The van der Waals surface area contributed by atoms with E-state index in [1.165, 1.54) is 22.3 Å². The summed E-state index contributed by atoms with van der Waals surface area (Å²) in [6.45, 7) is 4.69. The summed E-state index contributed by atoms with van der Waals surface area (Å²) >= 11 is 0. The second-order valence-electron chi connectivity index (χ2n) is 12.9. The molecule has 0 saturated carbocycles. The maximum absolute atomic E-state index is 6.68. The zero-order valence-electron chi connectivity index (χ0n) is 26.4. The van der Waals surface area contributed by atoms with Gasteiger partial charge in [-0.1, -0.05) is 141 Å². The number of benzene rings is 7. The lowest BCUT2D eigenvalue weighted by atomic mass is 9.82. The highest BCUT2D eigenvalue weighted by molar-refractivity contribution is 6.12. The summed E-state index contributed by atoms with van der Waals surface area (Å²) in [5.74, 6) is 0. The van der Waals surface area contributed by atoms with Gasteiger partial charge in [-0.05, 0) is 69.8 Å². The fraction of sp³-hybridized carbons (Fsp3) is 0.0667. The number of hydrogen-bond donors (Lipinski definition) is 0. The normalized spacial score (nSPS) is 13.1. The fourth-order valence-electron chi connectivity index (χ4n) is 7.65. The summed E-state index contributed by atoms with van der Waals surface area (Å²) in [7, 11) is 0. The van der Waals surface area contributed by atoms with Gasteiger partial charge in [-0.3, -0.25) is 0 Å². The number of furan rings is 1. The predicted molar refractivity (Wildman–Crippen MR) is 197 cm³/mol. The zero-order valence-corrected chi connectivity index (χ0v) is 26.4. The molecule has 47 heavy (non-hydrogen) atoms. The summed E-state index contributed by atoms with van der Waals surface area (Å²) in [6, 6.07) is 58.8. The van der Waals surface area contributed by atoms with Crippen LogP contribution in [0.25, 0.3) is 55.3 Å². The molecule has 2 heteroatoms. The van der Waals surface area contributed by atoms with Crippen molar-refractivity contribution in [3.05, 3.63) is 175 Å². The van der Waals surface area contributed by atoms with E-state index >= 15 is 0 Å². The summed E-state index contributed by atoms with van der Waals surface area (Å²) in [6.07, 6.45) is 0. The van der Waals surface area contributed by atoms with E-state index in [1.54, 1.807) is 0 Å². The van der Waals surface area contributed by atoms with E-state index in [0.29, 0.717) is 0 Å². The van der Waals surface area contributed by atoms with Crippen LogP contribution < -0.4 is 4.90 Å². The molecule has 224 valence electrons. The van der Waals surface area contributed by atoms with Crippen molar-refractivity contribution in [2.75, 3.05) is 4.90 Å². The first-order valence-electron chi connectivity index (χ1n) is 16.3. The van der Waals surface area contributed by atoms with Gasteiger partial charge >= 0.3 is 0 Å². The summed E-state index contributed by atoms with van der Waals surface area (Å²) in [4.78, 5) is 2.42. The van der Waals surface area contributed by atoms with Crippen molar-refractivity contribution in [1.29, 1.82) is 0 Å². The van der Waals surface area contributed by atoms with Crippen molar-refractivity contribution in [3.8, 4) is 33.4 Å². The minimum atomic E-state index is -0.112. The number of para-hydroxylation sites is 3. The Hall–Kier alpha value is -5.86. The molecule has 0 aliphatic heterocycles. The molecule has 0 saturated heterocycles. The van der Waals surface area contributed by atoms with Crippen LogP contribution in [-0.2, 0) is 5.41 Å². The third-order valence-corrected chi connectivity index (χ3v) is 9.88. The monoisotopic (exact) mass is 603 g/mol. The Balaban J connectivity index is 1.35. The van der Waals surface area contributed by atoms with Crippen molar-refractivity contribution >= 4 is 39.0 Å². The molecule has 7 aromatic carbocycles. The number of hydrogen-bond acceptors (Lipinski definition) is 2. The summed E-state index contributed by atoms with van der Waals surface area (Å²) in [5, 5.41) is 2.25. The molecular formula is C45H33NO. The van der Waals surface area contributed by atoms with Gasteiger partial charge in [0.1, 0.15) is 11.2 Å². The highest BCUT2D eigenvalue weighted by Gasteiger charge is 2.36. The van der Waals surface area contributed by atoms with Gasteiger partial charge in [0.25, 0.3) is 0 Å². The van der Waals surface area contributed by atoms with Gasteiger partial charge in [-0.2, -0.15) is 0 Å². The Morgan fingerprint density at radius 3 is 1.96 bits per heavy atom. The van der Waals surface area contributed by atoms with Gasteiger partial charge in [-0.15, -0.1) is 0 Å². The molecule has 8 aromatic rings. The standard InChI is InChI=1S/C45H33NO/c1-45(2)39-24-11-9-19-34(39)35-28-27-32(29-40(35)45)46(31-17-7-4-8-18-31)41-25-14-21-33(30-15-5-3-6-16-30)43(41)38-23-13-22-37-36-20-10-12-26-42(36)47-44(37)38/h3-29H,1-2H3. The smallest absolute Gasteiger partial charge is 0.143 e. The van der Waals surface area contributed by atoms with Gasteiger partial charge in [-0.25, -0.2) is 0 Å². The first-order valence-corrected chi connectivity index (χ1v) is 16.3. The quantitative estimate of drug-likeness (QED) is 0.195. The lowest BCUT2D eigenvalue weighted by Crippen LogP contribution is -2.17. The highest BCUT2D eigenvalue weighted by Crippen LogP contribution is 2.52. The molecule has 0 unspecified atom stereocenters. The molecule has 0 N–H and O–H groups in total. The molecule has 0 spiro atoms. The van der Waals surface area contributed by atoms with Crippen LogP contribution >= 0.6 is 0 Å². The number of anilines is 3. The fourth-order valence-corrected chi connectivity index (χ4v) is 7.65. The van der Waals surface area contributed by atoms with E-state index in [9.17, 15) is 0 Å². The maximum atomic E-state index is 6.68.